The molecule has 0 fully saturated rings. The lowest BCUT2D eigenvalue weighted by atomic mass is 10.1. The van der Waals surface area contributed by atoms with Crippen LogP contribution in [-0.4, -0.2) is 25.7 Å². The third-order valence-corrected chi connectivity index (χ3v) is 3.90. The fraction of sp³-hybridized carbons (Fsp3) is 0.278. The molecule has 0 spiro atoms. The van der Waals surface area contributed by atoms with Crippen LogP contribution < -0.4 is 20.1 Å². The standard InChI is InChI=1S/C18H20N2O3/c1-12-10-20(11-13-4-3-5-14(8-13)18(19)21)16-9-15(22-2)6-7-17(16)23-12/h3-9,12H,10-11H2,1-2H3,(H2,19,21)/t12-/m1/s1. The lowest BCUT2D eigenvalue weighted by Crippen LogP contribution is -2.38. The smallest absolute Gasteiger partial charge is 0.248 e. The van der Waals surface area contributed by atoms with Crippen molar-refractivity contribution in [3.05, 3.63) is 53.6 Å². The number of nitrogens with two attached hydrogens (primary N) is 1. The van der Waals surface area contributed by atoms with Gasteiger partial charge in [0.2, 0.25) is 5.91 Å². The van der Waals surface area contributed by atoms with Crippen molar-refractivity contribution in [1.29, 1.82) is 0 Å². The van der Waals surface area contributed by atoms with Crippen LogP contribution in [0.2, 0.25) is 0 Å². The van der Waals surface area contributed by atoms with Gasteiger partial charge in [-0.1, -0.05) is 12.1 Å². The van der Waals surface area contributed by atoms with Crippen molar-refractivity contribution < 1.29 is 14.3 Å². The normalized spacial score (nSPS) is 16.4. The van der Waals surface area contributed by atoms with Crippen LogP contribution in [0.4, 0.5) is 5.69 Å². The van der Waals surface area contributed by atoms with Crippen LogP contribution in [-0.2, 0) is 6.54 Å². The van der Waals surface area contributed by atoms with Crippen LogP contribution >= 0.6 is 0 Å². The van der Waals surface area contributed by atoms with Gasteiger partial charge in [0.15, 0.2) is 0 Å². The minimum atomic E-state index is -0.413. The first-order valence-corrected chi connectivity index (χ1v) is 7.55. The highest BCUT2D eigenvalue weighted by molar-refractivity contribution is 5.92. The fourth-order valence-corrected chi connectivity index (χ4v) is 2.83. The first kappa shape index (κ1) is 15.2. The maximum absolute atomic E-state index is 11.4. The maximum atomic E-state index is 11.4. The van der Waals surface area contributed by atoms with E-state index in [0.717, 1.165) is 29.3 Å². The largest absolute Gasteiger partial charge is 0.497 e. The van der Waals surface area contributed by atoms with Crippen molar-refractivity contribution >= 4 is 11.6 Å². The van der Waals surface area contributed by atoms with E-state index in [1.165, 1.54) is 0 Å². The number of carbonyl (C=O) groups is 1. The van der Waals surface area contributed by atoms with Crippen LogP contribution in [0, 0.1) is 0 Å². The van der Waals surface area contributed by atoms with E-state index in [-0.39, 0.29) is 6.10 Å². The summed E-state index contributed by atoms with van der Waals surface area (Å²) in [5, 5.41) is 0. The second kappa shape index (κ2) is 6.20. The SMILES string of the molecule is COc1ccc2c(c1)N(Cc1cccc(C(N)=O)c1)C[C@@H](C)O2. The predicted molar refractivity (Wildman–Crippen MR) is 89.1 cm³/mol. The summed E-state index contributed by atoms with van der Waals surface area (Å²) in [6, 6.07) is 13.2. The van der Waals surface area contributed by atoms with E-state index in [1.807, 2.05) is 43.3 Å². The van der Waals surface area contributed by atoms with Crippen LogP contribution in [0.3, 0.4) is 0 Å². The first-order valence-electron chi connectivity index (χ1n) is 7.55. The first-order chi connectivity index (χ1) is 11.1. The van der Waals surface area contributed by atoms with E-state index < -0.39 is 5.91 Å². The molecule has 0 unspecified atom stereocenters. The molecule has 1 atom stereocenters. The number of nitrogens with zero attached hydrogens (tertiary/aromatic N) is 1. The summed E-state index contributed by atoms with van der Waals surface area (Å²) in [7, 11) is 1.65. The molecule has 23 heavy (non-hydrogen) atoms. The summed E-state index contributed by atoms with van der Waals surface area (Å²) in [5.74, 6) is 1.22. The number of amides is 1. The molecule has 3 rings (SSSR count). The second-order valence-corrected chi connectivity index (χ2v) is 5.71. The number of rotatable bonds is 4. The quantitative estimate of drug-likeness (QED) is 0.942. The number of fused-ring (bicyclic) bond motifs is 1. The molecule has 0 bridgehead atoms. The Morgan fingerprint density at radius 3 is 2.91 bits per heavy atom. The molecule has 2 N–H and O–H groups in total. The number of hydrogen-bond acceptors (Lipinski definition) is 4. The Kier molecular flexibility index (Phi) is 4.10. The topological polar surface area (TPSA) is 64.8 Å². The molecule has 5 heteroatoms. The van der Waals surface area contributed by atoms with Gasteiger partial charge in [0.25, 0.3) is 0 Å². The molecule has 5 nitrogen and oxygen atoms in total. The third-order valence-electron chi connectivity index (χ3n) is 3.90. The van der Waals surface area contributed by atoms with Gasteiger partial charge in [-0.25, -0.2) is 0 Å². The van der Waals surface area contributed by atoms with Gasteiger partial charge in [-0.3, -0.25) is 4.79 Å². The molecular formula is C18H20N2O3. The molecule has 1 aliphatic rings. The maximum Gasteiger partial charge on any atom is 0.248 e. The van der Waals surface area contributed by atoms with Gasteiger partial charge in [0.1, 0.15) is 17.6 Å². The molecule has 2 aromatic rings. The third kappa shape index (κ3) is 3.23. The number of hydrogen-bond donors (Lipinski definition) is 1. The highest BCUT2D eigenvalue weighted by atomic mass is 16.5. The van der Waals surface area contributed by atoms with E-state index in [9.17, 15) is 4.79 Å². The molecule has 1 heterocycles. The van der Waals surface area contributed by atoms with E-state index in [1.54, 1.807) is 13.2 Å². The number of carbonyl (C=O) groups excluding carboxylic acids is 1. The van der Waals surface area contributed by atoms with E-state index in [0.29, 0.717) is 12.1 Å². The monoisotopic (exact) mass is 312 g/mol. The molecule has 0 aliphatic carbocycles. The van der Waals surface area contributed by atoms with Crippen LogP contribution in [0.5, 0.6) is 11.5 Å². The Morgan fingerprint density at radius 1 is 1.35 bits per heavy atom. The predicted octanol–water partition coefficient (Wildman–Crippen LogP) is 2.58. The summed E-state index contributed by atoms with van der Waals surface area (Å²) >= 11 is 0. The minimum absolute atomic E-state index is 0.0928. The lowest BCUT2D eigenvalue weighted by Gasteiger charge is -2.35. The molecular weight excluding hydrogens is 292 g/mol. The van der Waals surface area contributed by atoms with E-state index >= 15 is 0 Å². The molecule has 0 saturated heterocycles. The number of primary amides is 1. The van der Waals surface area contributed by atoms with Gasteiger partial charge in [0, 0.05) is 18.2 Å². The van der Waals surface area contributed by atoms with Crippen molar-refractivity contribution in [3.63, 3.8) is 0 Å². The van der Waals surface area contributed by atoms with Crippen LogP contribution in [0.15, 0.2) is 42.5 Å². The van der Waals surface area contributed by atoms with Crippen LogP contribution in [0.1, 0.15) is 22.8 Å². The number of ether oxygens (including phenoxy) is 2. The summed E-state index contributed by atoms with van der Waals surface area (Å²) in [6.07, 6.45) is 0.0928. The van der Waals surface area contributed by atoms with Gasteiger partial charge >= 0.3 is 0 Å². The zero-order valence-corrected chi connectivity index (χ0v) is 13.3. The number of methoxy groups -OCH3 is 1. The Balaban J connectivity index is 1.91. The van der Waals surface area contributed by atoms with Gasteiger partial charge in [-0.2, -0.15) is 0 Å². The van der Waals surface area contributed by atoms with Crippen molar-refractivity contribution in [2.75, 3.05) is 18.6 Å². The average molecular weight is 312 g/mol. The van der Waals surface area contributed by atoms with Crippen LogP contribution in [0.25, 0.3) is 0 Å². The van der Waals surface area contributed by atoms with Gasteiger partial charge in [0.05, 0.1) is 19.3 Å². The Labute approximate surface area is 135 Å². The Hall–Kier alpha value is -2.69. The Bertz CT molecular complexity index is 730. The average Bonchev–Trinajstić information content (AvgIpc) is 2.54. The molecule has 0 radical (unpaired) electrons. The molecule has 0 saturated carbocycles. The summed E-state index contributed by atoms with van der Waals surface area (Å²) in [4.78, 5) is 13.6. The van der Waals surface area contributed by atoms with Crippen molar-refractivity contribution in [1.82, 2.24) is 0 Å². The zero-order chi connectivity index (χ0) is 16.4. The molecule has 1 amide bonds. The highest BCUT2D eigenvalue weighted by Gasteiger charge is 2.23. The van der Waals surface area contributed by atoms with E-state index in [2.05, 4.69) is 4.90 Å². The lowest BCUT2D eigenvalue weighted by molar-refractivity contribution is 0.1000. The zero-order valence-electron chi connectivity index (χ0n) is 13.3. The van der Waals surface area contributed by atoms with Gasteiger partial charge in [-0.05, 0) is 36.8 Å². The number of benzene rings is 2. The molecule has 0 aromatic heterocycles. The van der Waals surface area contributed by atoms with Crippen molar-refractivity contribution in [2.24, 2.45) is 5.73 Å². The molecule has 1 aliphatic heterocycles. The van der Waals surface area contributed by atoms with Crippen molar-refractivity contribution in [2.45, 2.75) is 19.6 Å². The minimum Gasteiger partial charge on any atom is -0.497 e. The highest BCUT2D eigenvalue weighted by Crippen LogP contribution is 2.37. The Morgan fingerprint density at radius 2 is 2.17 bits per heavy atom. The van der Waals surface area contributed by atoms with Gasteiger partial charge < -0.3 is 20.1 Å². The summed E-state index contributed by atoms with van der Waals surface area (Å²) < 4.78 is 11.2. The molecule has 2 aromatic carbocycles. The van der Waals surface area contributed by atoms with Gasteiger partial charge in [-0.15, -0.1) is 0 Å². The second-order valence-electron chi connectivity index (χ2n) is 5.71. The van der Waals surface area contributed by atoms with Crippen molar-refractivity contribution in [3.8, 4) is 11.5 Å². The van der Waals surface area contributed by atoms with E-state index in [4.69, 9.17) is 15.2 Å². The summed E-state index contributed by atoms with van der Waals surface area (Å²) in [6.45, 7) is 3.48. The summed E-state index contributed by atoms with van der Waals surface area (Å²) in [5.41, 5.74) is 7.91. The molecule has 120 valence electrons. The fourth-order valence-electron chi connectivity index (χ4n) is 2.83. The number of anilines is 1.